The highest BCUT2D eigenvalue weighted by molar-refractivity contribution is 6.18. The van der Waals surface area contributed by atoms with Gasteiger partial charge in [0.2, 0.25) is 0 Å². The zero-order chi connectivity index (χ0) is 35.7. The van der Waals surface area contributed by atoms with E-state index >= 15 is 0 Å². The van der Waals surface area contributed by atoms with Crippen LogP contribution in [0.4, 0.5) is 0 Å². The van der Waals surface area contributed by atoms with Gasteiger partial charge in [-0.25, -0.2) is 4.99 Å². The van der Waals surface area contributed by atoms with Crippen LogP contribution in [-0.4, -0.2) is 10.7 Å². The summed E-state index contributed by atoms with van der Waals surface area (Å²) >= 11 is 0. The van der Waals surface area contributed by atoms with Gasteiger partial charge in [0.05, 0.1) is 16.9 Å². The largest absolute Gasteiger partial charge is 0.256 e. The first kappa shape index (κ1) is 32.0. The third-order valence-corrected chi connectivity index (χ3v) is 10.3. The van der Waals surface area contributed by atoms with Crippen LogP contribution in [0, 0.1) is 0 Å². The molecule has 7 aromatic carbocycles. The molecule has 53 heavy (non-hydrogen) atoms. The zero-order valence-electron chi connectivity index (χ0n) is 29.5. The summed E-state index contributed by atoms with van der Waals surface area (Å²) in [5.41, 5.74) is 14.3. The van der Waals surface area contributed by atoms with Gasteiger partial charge in [0.25, 0.3) is 0 Å². The molecule has 0 saturated heterocycles. The summed E-state index contributed by atoms with van der Waals surface area (Å²) in [5, 5.41) is 5.81. The number of aliphatic imine (C=N–C) groups is 1. The minimum absolute atomic E-state index is 0.734. The third kappa shape index (κ3) is 6.01. The van der Waals surface area contributed by atoms with Crippen LogP contribution in [0.3, 0.4) is 0 Å². The Morgan fingerprint density at radius 3 is 2.02 bits per heavy atom. The first-order valence-corrected chi connectivity index (χ1v) is 18.0. The van der Waals surface area contributed by atoms with Crippen molar-refractivity contribution < 1.29 is 0 Å². The Kier molecular flexibility index (Phi) is 8.26. The second-order valence-electron chi connectivity index (χ2n) is 13.5. The van der Waals surface area contributed by atoms with Crippen LogP contribution in [0.15, 0.2) is 205 Å². The molecular weight excluding hydrogens is 641 g/mol. The molecule has 2 heteroatoms. The molecule has 1 aliphatic rings. The molecular formula is C51H36N2. The van der Waals surface area contributed by atoms with E-state index < -0.39 is 0 Å². The van der Waals surface area contributed by atoms with Gasteiger partial charge in [-0.3, -0.25) is 4.98 Å². The van der Waals surface area contributed by atoms with Crippen LogP contribution in [0.1, 0.15) is 18.1 Å². The molecule has 0 N–H and O–H groups in total. The molecule has 0 aliphatic heterocycles. The fourth-order valence-corrected chi connectivity index (χ4v) is 7.60. The lowest BCUT2D eigenvalue weighted by Crippen LogP contribution is -2.03. The quantitative estimate of drug-likeness (QED) is 0.161. The summed E-state index contributed by atoms with van der Waals surface area (Å²) in [5.74, 6) is 0. The molecule has 0 fully saturated rings. The van der Waals surface area contributed by atoms with Gasteiger partial charge in [0, 0.05) is 28.1 Å². The monoisotopic (exact) mass is 676 g/mol. The molecule has 0 bridgehead atoms. The maximum atomic E-state index is 5.18. The molecule has 8 aromatic rings. The Morgan fingerprint density at radius 1 is 0.528 bits per heavy atom. The van der Waals surface area contributed by atoms with Crippen molar-refractivity contribution in [3.8, 4) is 33.4 Å². The van der Waals surface area contributed by atoms with Crippen molar-refractivity contribution in [2.75, 3.05) is 0 Å². The van der Waals surface area contributed by atoms with Gasteiger partial charge < -0.3 is 0 Å². The Balaban J connectivity index is 1.07. The molecule has 0 amide bonds. The molecule has 2 nitrogen and oxygen atoms in total. The maximum absolute atomic E-state index is 5.18. The molecule has 0 saturated carbocycles. The van der Waals surface area contributed by atoms with Gasteiger partial charge in [-0.1, -0.05) is 170 Å². The highest BCUT2D eigenvalue weighted by Crippen LogP contribution is 2.38. The van der Waals surface area contributed by atoms with Crippen LogP contribution < -0.4 is 0 Å². The van der Waals surface area contributed by atoms with Crippen molar-refractivity contribution in [2.45, 2.75) is 6.92 Å². The third-order valence-electron chi connectivity index (χ3n) is 10.3. The summed E-state index contributed by atoms with van der Waals surface area (Å²) in [7, 11) is 0. The molecule has 0 atom stereocenters. The van der Waals surface area contributed by atoms with Crippen molar-refractivity contribution in [1.82, 2.24) is 4.98 Å². The minimum Gasteiger partial charge on any atom is -0.256 e. The number of fused-ring (bicyclic) bond motifs is 4. The molecule has 250 valence electrons. The van der Waals surface area contributed by atoms with Crippen LogP contribution in [0.25, 0.3) is 77.1 Å². The van der Waals surface area contributed by atoms with Crippen molar-refractivity contribution in [3.63, 3.8) is 0 Å². The van der Waals surface area contributed by atoms with Gasteiger partial charge in [-0.05, 0) is 85.8 Å². The van der Waals surface area contributed by atoms with Gasteiger partial charge in [-0.2, -0.15) is 0 Å². The molecule has 0 spiro atoms. The molecule has 0 unspecified atom stereocenters. The highest BCUT2D eigenvalue weighted by atomic mass is 14.8. The average Bonchev–Trinajstić information content (AvgIpc) is 3.23. The maximum Gasteiger partial charge on any atom is 0.0780 e. The van der Waals surface area contributed by atoms with Gasteiger partial charge in [-0.15, -0.1) is 0 Å². The number of aromatic nitrogens is 1. The van der Waals surface area contributed by atoms with Crippen molar-refractivity contribution in [1.29, 1.82) is 0 Å². The lowest BCUT2D eigenvalue weighted by atomic mass is 9.91. The number of hydrogen-bond acceptors (Lipinski definition) is 2. The van der Waals surface area contributed by atoms with Gasteiger partial charge in [0.1, 0.15) is 0 Å². The Morgan fingerprint density at radius 2 is 1.19 bits per heavy atom. The number of benzene rings is 7. The van der Waals surface area contributed by atoms with E-state index in [0.29, 0.717) is 0 Å². The zero-order valence-corrected chi connectivity index (χ0v) is 29.5. The highest BCUT2D eigenvalue weighted by Gasteiger charge is 2.15. The SMILES string of the molecule is C=C(N=C1C=CC=C/C1=C(/C)c1ccc(-c2ccccc2)cc1)c1ccc(-c2cccc(-c3cccc4c3ccc3cccnc34)c2)c2ccccc12. The van der Waals surface area contributed by atoms with E-state index in [1.54, 1.807) is 0 Å². The fourth-order valence-electron chi connectivity index (χ4n) is 7.60. The Labute approximate surface area is 310 Å². The van der Waals surface area contributed by atoms with Gasteiger partial charge >= 0.3 is 0 Å². The summed E-state index contributed by atoms with van der Waals surface area (Å²) in [6.45, 7) is 6.69. The van der Waals surface area contributed by atoms with Crippen LogP contribution in [0.5, 0.6) is 0 Å². The van der Waals surface area contributed by atoms with E-state index in [9.17, 15) is 0 Å². The second-order valence-corrected chi connectivity index (χ2v) is 13.5. The van der Waals surface area contributed by atoms with Crippen LogP contribution >= 0.6 is 0 Å². The van der Waals surface area contributed by atoms with Crippen molar-refractivity contribution in [3.05, 3.63) is 212 Å². The summed E-state index contributed by atoms with van der Waals surface area (Å²) < 4.78 is 0. The molecule has 1 aliphatic carbocycles. The van der Waals surface area contributed by atoms with Crippen LogP contribution in [-0.2, 0) is 0 Å². The average molecular weight is 677 g/mol. The van der Waals surface area contributed by atoms with E-state index in [4.69, 9.17) is 9.98 Å². The normalized spacial score (nSPS) is 14.3. The molecule has 9 rings (SSSR count). The van der Waals surface area contributed by atoms with E-state index in [2.05, 4.69) is 177 Å². The van der Waals surface area contributed by atoms with Crippen LogP contribution in [0.2, 0.25) is 0 Å². The summed E-state index contributed by atoms with van der Waals surface area (Å²) in [6.07, 6.45) is 10.2. The predicted molar refractivity (Wildman–Crippen MR) is 227 cm³/mol. The number of nitrogens with zero attached hydrogens (tertiary/aromatic N) is 2. The lowest BCUT2D eigenvalue weighted by Gasteiger charge is -2.16. The van der Waals surface area contributed by atoms with Crippen molar-refractivity contribution >= 4 is 49.4 Å². The molecule has 1 heterocycles. The van der Waals surface area contributed by atoms with Crippen molar-refractivity contribution in [2.24, 2.45) is 4.99 Å². The standard InChI is InChI=1S/C51H36N2/c1-34(36-24-26-38(27-25-36)37-13-4-3-5-14-37)42-18-8-9-23-50(42)53-35(2)43-30-31-45(47-20-7-6-19-46(43)47)41-16-10-15-40(33-41)44-21-11-22-49-48(44)29-28-39-17-12-32-52-51(39)49/h3-33H,2H2,1H3/b42-34+,53-50?. The Bertz CT molecular complexity index is 2830. The first-order valence-electron chi connectivity index (χ1n) is 18.0. The predicted octanol–water partition coefficient (Wildman–Crippen LogP) is 13.6. The first-order chi connectivity index (χ1) is 26.1. The lowest BCUT2D eigenvalue weighted by molar-refractivity contribution is 1.43. The fraction of sp³-hybridized carbons (Fsp3) is 0.0196. The topological polar surface area (TPSA) is 25.2 Å². The summed E-state index contributed by atoms with van der Waals surface area (Å²) in [4.78, 5) is 9.89. The van der Waals surface area contributed by atoms with E-state index in [1.807, 2.05) is 24.4 Å². The number of allylic oxidation sites excluding steroid dienone is 6. The molecule has 1 aromatic heterocycles. The second kappa shape index (κ2) is 13.7. The number of rotatable bonds is 6. The smallest absolute Gasteiger partial charge is 0.0780 e. The number of hydrogen-bond donors (Lipinski definition) is 0. The van der Waals surface area contributed by atoms with Gasteiger partial charge in [0.15, 0.2) is 0 Å². The summed E-state index contributed by atoms with van der Waals surface area (Å²) in [6, 6.07) is 56.1. The Hall–Kier alpha value is -6.90. The van der Waals surface area contributed by atoms with E-state index in [-0.39, 0.29) is 0 Å². The van der Waals surface area contributed by atoms with E-state index in [1.165, 1.54) is 55.1 Å². The molecule has 0 radical (unpaired) electrons. The number of pyridine rings is 1. The van der Waals surface area contributed by atoms with E-state index in [0.717, 1.165) is 44.4 Å². The minimum atomic E-state index is 0.734.